The summed E-state index contributed by atoms with van der Waals surface area (Å²) < 4.78 is 15.9. The third kappa shape index (κ3) is 4.57. The highest BCUT2D eigenvalue weighted by atomic mass is 32.1. The molecule has 1 aliphatic rings. The van der Waals surface area contributed by atoms with Crippen LogP contribution in [0.15, 0.2) is 18.2 Å². The van der Waals surface area contributed by atoms with Crippen molar-refractivity contribution in [3.8, 4) is 11.5 Å². The lowest BCUT2D eigenvalue weighted by Crippen LogP contribution is -2.32. The van der Waals surface area contributed by atoms with Crippen molar-refractivity contribution in [2.45, 2.75) is 13.0 Å². The molecule has 0 unspecified atom stereocenters. The Hall–Kier alpha value is -1.86. The van der Waals surface area contributed by atoms with Crippen LogP contribution in [0.25, 0.3) is 0 Å². The second kappa shape index (κ2) is 7.24. The van der Waals surface area contributed by atoms with Gasteiger partial charge < -0.3 is 24.8 Å². The Bertz CT molecular complexity index is 536. The normalized spacial score (nSPS) is 12.2. The lowest BCUT2D eigenvalue weighted by atomic mass is 10.2. The molecule has 1 aromatic carbocycles. The number of carbonyl (C=O) groups excluding carboxylic acids is 1. The molecule has 0 spiro atoms. The lowest BCUT2D eigenvalue weighted by Gasteiger charge is -2.16. The van der Waals surface area contributed by atoms with E-state index < -0.39 is 0 Å². The van der Waals surface area contributed by atoms with Crippen molar-refractivity contribution in [2.24, 2.45) is 5.73 Å². The van der Waals surface area contributed by atoms with Gasteiger partial charge in [-0.3, -0.25) is 4.79 Å². The molecule has 1 amide bonds. The number of thiocarbonyl (C=S) groups is 1. The zero-order valence-electron chi connectivity index (χ0n) is 11.8. The number of fused-ring (bicyclic) bond motifs is 1. The van der Waals surface area contributed by atoms with E-state index in [1.165, 1.54) is 0 Å². The molecule has 1 aromatic rings. The number of ether oxygens (including phenoxy) is 3. The van der Waals surface area contributed by atoms with Gasteiger partial charge in [0.2, 0.25) is 12.7 Å². The molecule has 114 valence electrons. The molecule has 2 rings (SSSR count). The van der Waals surface area contributed by atoms with Crippen LogP contribution >= 0.6 is 12.2 Å². The van der Waals surface area contributed by atoms with Gasteiger partial charge in [-0.15, -0.1) is 0 Å². The molecule has 7 heteroatoms. The second-order valence-electron chi connectivity index (χ2n) is 4.71. The molecule has 2 N–H and O–H groups in total. The Morgan fingerprint density at radius 3 is 2.95 bits per heavy atom. The Labute approximate surface area is 128 Å². The average molecular weight is 310 g/mol. The van der Waals surface area contributed by atoms with E-state index in [9.17, 15) is 4.79 Å². The number of carbonyl (C=O) groups is 1. The van der Waals surface area contributed by atoms with Gasteiger partial charge >= 0.3 is 0 Å². The smallest absolute Gasteiger partial charge is 0.248 e. The lowest BCUT2D eigenvalue weighted by molar-refractivity contribution is -0.135. The van der Waals surface area contributed by atoms with E-state index in [1.807, 2.05) is 18.2 Å². The van der Waals surface area contributed by atoms with Gasteiger partial charge in [0.15, 0.2) is 11.5 Å². The van der Waals surface area contributed by atoms with E-state index in [0.717, 1.165) is 11.3 Å². The minimum atomic E-state index is -0.105. The molecule has 0 fully saturated rings. The molecule has 0 radical (unpaired) electrons. The van der Waals surface area contributed by atoms with Crippen molar-refractivity contribution in [3.05, 3.63) is 23.8 Å². The summed E-state index contributed by atoms with van der Waals surface area (Å²) in [4.78, 5) is 13.8. The number of nitrogens with zero attached hydrogens (tertiary/aromatic N) is 1. The SMILES string of the molecule is CN(CCC(N)=S)C(=O)COCc1ccc2c(c1)OCO2. The van der Waals surface area contributed by atoms with Crippen molar-refractivity contribution >= 4 is 23.1 Å². The molecule has 0 saturated carbocycles. The Balaban J connectivity index is 1.73. The van der Waals surface area contributed by atoms with Crippen LogP contribution in [0.5, 0.6) is 11.5 Å². The van der Waals surface area contributed by atoms with Gasteiger partial charge in [0, 0.05) is 20.0 Å². The average Bonchev–Trinajstić information content (AvgIpc) is 2.92. The first-order valence-electron chi connectivity index (χ1n) is 6.55. The van der Waals surface area contributed by atoms with Crippen LogP contribution in [0.1, 0.15) is 12.0 Å². The van der Waals surface area contributed by atoms with Crippen molar-refractivity contribution in [2.75, 3.05) is 27.0 Å². The van der Waals surface area contributed by atoms with E-state index in [-0.39, 0.29) is 19.3 Å². The zero-order valence-corrected chi connectivity index (χ0v) is 12.6. The summed E-state index contributed by atoms with van der Waals surface area (Å²) in [7, 11) is 1.70. The summed E-state index contributed by atoms with van der Waals surface area (Å²) in [6, 6.07) is 5.56. The summed E-state index contributed by atoms with van der Waals surface area (Å²) in [5.74, 6) is 1.33. The van der Waals surface area contributed by atoms with Gasteiger partial charge in [0.1, 0.15) is 6.61 Å². The number of hydrogen-bond donors (Lipinski definition) is 1. The van der Waals surface area contributed by atoms with Crippen LogP contribution in [-0.2, 0) is 16.1 Å². The van der Waals surface area contributed by atoms with Crippen molar-refractivity contribution in [1.82, 2.24) is 4.90 Å². The van der Waals surface area contributed by atoms with Gasteiger partial charge in [-0.2, -0.15) is 0 Å². The Kier molecular flexibility index (Phi) is 5.35. The molecule has 1 aliphatic heterocycles. The summed E-state index contributed by atoms with van der Waals surface area (Å²) in [6.45, 7) is 1.10. The molecule has 0 saturated heterocycles. The fourth-order valence-electron chi connectivity index (χ4n) is 1.80. The van der Waals surface area contributed by atoms with Crippen LogP contribution in [0.4, 0.5) is 0 Å². The van der Waals surface area contributed by atoms with Gasteiger partial charge in [0.25, 0.3) is 0 Å². The van der Waals surface area contributed by atoms with Crippen LogP contribution in [0, 0.1) is 0 Å². The first-order valence-corrected chi connectivity index (χ1v) is 6.95. The number of benzene rings is 1. The Morgan fingerprint density at radius 2 is 2.19 bits per heavy atom. The molecule has 1 heterocycles. The summed E-state index contributed by atoms with van der Waals surface area (Å²) >= 11 is 4.78. The minimum absolute atomic E-state index is 0.0161. The highest BCUT2D eigenvalue weighted by molar-refractivity contribution is 7.80. The third-order valence-corrected chi connectivity index (χ3v) is 3.25. The molecular formula is C14H18N2O4S. The molecule has 0 aromatic heterocycles. The first-order chi connectivity index (χ1) is 10.1. The van der Waals surface area contributed by atoms with Crippen molar-refractivity contribution in [1.29, 1.82) is 0 Å². The monoisotopic (exact) mass is 310 g/mol. The maximum Gasteiger partial charge on any atom is 0.248 e. The summed E-state index contributed by atoms with van der Waals surface area (Å²) in [6.07, 6.45) is 0.514. The standard InChI is InChI=1S/C14H18N2O4S/c1-16(5-4-13(15)21)14(17)8-18-7-10-2-3-11-12(6-10)20-9-19-11/h2-3,6H,4-5,7-9H2,1H3,(H2,15,21). The maximum absolute atomic E-state index is 11.8. The van der Waals surface area contributed by atoms with Crippen LogP contribution < -0.4 is 15.2 Å². The summed E-state index contributed by atoms with van der Waals surface area (Å²) in [5, 5.41) is 0. The molecule has 0 aliphatic carbocycles. The topological polar surface area (TPSA) is 74.0 Å². The number of rotatable bonds is 7. The quantitative estimate of drug-likeness (QED) is 0.759. The number of nitrogens with two attached hydrogens (primary N) is 1. The van der Waals surface area contributed by atoms with Crippen LogP contribution in [0.2, 0.25) is 0 Å². The van der Waals surface area contributed by atoms with E-state index >= 15 is 0 Å². The molecule has 21 heavy (non-hydrogen) atoms. The zero-order chi connectivity index (χ0) is 15.2. The second-order valence-corrected chi connectivity index (χ2v) is 5.24. The van der Waals surface area contributed by atoms with Crippen LogP contribution in [-0.4, -0.2) is 42.8 Å². The first kappa shape index (κ1) is 15.5. The third-order valence-electron chi connectivity index (χ3n) is 3.05. The van der Waals surface area contributed by atoms with E-state index in [1.54, 1.807) is 11.9 Å². The predicted octanol–water partition coefficient (Wildman–Crippen LogP) is 1.07. The largest absolute Gasteiger partial charge is 0.454 e. The molecule has 0 bridgehead atoms. The predicted molar refractivity (Wildman–Crippen MR) is 81.3 cm³/mol. The van der Waals surface area contributed by atoms with E-state index in [4.69, 9.17) is 32.2 Å². The number of amides is 1. The highest BCUT2D eigenvalue weighted by Gasteiger charge is 2.14. The molecule has 6 nitrogen and oxygen atoms in total. The van der Waals surface area contributed by atoms with Gasteiger partial charge in [0.05, 0.1) is 11.6 Å². The number of hydrogen-bond acceptors (Lipinski definition) is 5. The van der Waals surface area contributed by atoms with Crippen molar-refractivity contribution in [3.63, 3.8) is 0 Å². The Morgan fingerprint density at radius 1 is 1.43 bits per heavy atom. The van der Waals surface area contributed by atoms with Crippen molar-refractivity contribution < 1.29 is 19.0 Å². The van der Waals surface area contributed by atoms with Crippen LogP contribution in [0.3, 0.4) is 0 Å². The highest BCUT2D eigenvalue weighted by Crippen LogP contribution is 2.32. The summed E-state index contributed by atoms with van der Waals surface area (Å²) in [5.41, 5.74) is 6.33. The molecule has 0 atom stereocenters. The fraction of sp³-hybridized carbons (Fsp3) is 0.429. The van der Waals surface area contributed by atoms with E-state index in [2.05, 4.69) is 0 Å². The maximum atomic E-state index is 11.8. The van der Waals surface area contributed by atoms with Gasteiger partial charge in [-0.05, 0) is 17.7 Å². The van der Waals surface area contributed by atoms with Gasteiger partial charge in [-0.1, -0.05) is 18.3 Å². The fourth-order valence-corrected chi connectivity index (χ4v) is 1.89. The molecular weight excluding hydrogens is 292 g/mol. The minimum Gasteiger partial charge on any atom is -0.454 e. The van der Waals surface area contributed by atoms with Gasteiger partial charge in [-0.25, -0.2) is 0 Å². The van der Waals surface area contributed by atoms with E-state index in [0.29, 0.717) is 30.3 Å². The number of likely N-dealkylation sites (N-methyl/N-ethyl adjacent to an activating group) is 1.